The Kier molecular flexibility index (Phi) is 12.0. The largest absolute Gasteiger partial charge is 0.354 e. The summed E-state index contributed by atoms with van der Waals surface area (Å²) in [6.45, 7) is 2.33. The number of hydrogen-bond acceptors (Lipinski definition) is 3. The van der Waals surface area contributed by atoms with E-state index >= 15 is 0 Å². The van der Waals surface area contributed by atoms with Gasteiger partial charge in [-0.15, -0.1) is 24.8 Å². The minimum atomic E-state index is -0.127. The molecule has 0 aliphatic carbocycles. The number of nitrogens with one attached hydrogen (secondary N) is 1. The average molecular weight is 357 g/mol. The van der Waals surface area contributed by atoms with Crippen molar-refractivity contribution >= 4 is 42.3 Å². The van der Waals surface area contributed by atoms with Crippen LogP contribution in [0.15, 0.2) is 24.3 Å². The summed E-state index contributed by atoms with van der Waals surface area (Å²) in [5, 5.41) is 3.61. The van der Waals surface area contributed by atoms with Crippen molar-refractivity contribution in [2.75, 3.05) is 20.6 Å². The minimum Gasteiger partial charge on any atom is -0.354 e. The molecular formula is C14H24Cl3N3O. The molecule has 0 bridgehead atoms. The zero-order valence-corrected chi connectivity index (χ0v) is 14.9. The van der Waals surface area contributed by atoms with Gasteiger partial charge in [0.25, 0.3) is 0 Å². The fourth-order valence-electron chi connectivity index (χ4n) is 1.89. The van der Waals surface area contributed by atoms with Gasteiger partial charge in [0.1, 0.15) is 0 Å². The monoisotopic (exact) mass is 355 g/mol. The lowest BCUT2D eigenvalue weighted by atomic mass is 10.1. The van der Waals surface area contributed by atoms with Gasteiger partial charge in [0.2, 0.25) is 5.91 Å². The Bertz CT molecular complexity index is 428. The van der Waals surface area contributed by atoms with Gasteiger partial charge in [0, 0.05) is 24.0 Å². The number of rotatable bonds is 6. The number of amides is 1. The summed E-state index contributed by atoms with van der Waals surface area (Å²) in [6.07, 6.45) is 0.336. The van der Waals surface area contributed by atoms with Crippen LogP contribution in [0.4, 0.5) is 0 Å². The van der Waals surface area contributed by atoms with Crippen LogP contribution in [0.3, 0.4) is 0 Å². The van der Waals surface area contributed by atoms with E-state index in [4.69, 9.17) is 17.3 Å². The highest BCUT2D eigenvalue weighted by atomic mass is 35.5. The third-order valence-electron chi connectivity index (χ3n) is 2.89. The molecule has 2 unspecified atom stereocenters. The van der Waals surface area contributed by atoms with Crippen molar-refractivity contribution in [3.8, 4) is 0 Å². The highest BCUT2D eigenvalue weighted by Gasteiger charge is 2.17. The van der Waals surface area contributed by atoms with Crippen LogP contribution in [0, 0.1) is 0 Å². The minimum absolute atomic E-state index is 0. The van der Waals surface area contributed by atoms with Crippen LogP contribution in [0.5, 0.6) is 0 Å². The maximum absolute atomic E-state index is 11.7. The van der Waals surface area contributed by atoms with Crippen LogP contribution in [-0.4, -0.2) is 37.5 Å². The van der Waals surface area contributed by atoms with Crippen LogP contribution < -0.4 is 11.1 Å². The molecule has 1 rings (SSSR count). The van der Waals surface area contributed by atoms with Crippen molar-refractivity contribution in [2.45, 2.75) is 25.4 Å². The average Bonchev–Trinajstić information content (AvgIpc) is 2.30. The normalized spacial score (nSPS) is 12.9. The van der Waals surface area contributed by atoms with E-state index in [9.17, 15) is 4.79 Å². The molecule has 3 N–H and O–H groups in total. The van der Waals surface area contributed by atoms with Crippen molar-refractivity contribution in [3.05, 3.63) is 34.9 Å². The summed E-state index contributed by atoms with van der Waals surface area (Å²) in [7, 11) is 3.93. The Hall–Kier alpha value is -0.520. The summed E-state index contributed by atoms with van der Waals surface area (Å²) in [5.74, 6) is -0.0334. The van der Waals surface area contributed by atoms with E-state index in [0.29, 0.717) is 18.0 Å². The fraction of sp³-hybridized carbons (Fsp3) is 0.500. The molecule has 7 heteroatoms. The predicted molar refractivity (Wildman–Crippen MR) is 93.7 cm³/mol. The second kappa shape index (κ2) is 11.1. The van der Waals surface area contributed by atoms with Gasteiger partial charge in [-0.25, -0.2) is 0 Å². The molecule has 0 radical (unpaired) electrons. The van der Waals surface area contributed by atoms with E-state index in [0.717, 1.165) is 5.56 Å². The number of nitrogens with zero attached hydrogens (tertiary/aromatic N) is 1. The van der Waals surface area contributed by atoms with E-state index in [1.807, 2.05) is 50.2 Å². The van der Waals surface area contributed by atoms with Crippen molar-refractivity contribution in [1.82, 2.24) is 10.2 Å². The molecule has 0 spiro atoms. The SMILES string of the molecule is CC(N)CC(=O)NCC(c1ccccc1Cl)N(C)C.Cl.Cl. The number of nitrogens with two attached hydrogens (primary N) is 1. The topological polar surface area (TPSA) is 58.4 Å². The van der Waals surface area contributed by atoms with Crippen molar-refractivity contribution < 1.29 is 4.79 Å². The van der Waals surface area contributed by atoms with Gasteiger partial charge in [-0.2, -0.15) is 0 Å². The molecule has 0 saturated heterocycles. The smallest absolute Gasteiger partial charge is 0.221 e. The second-order valence-electron chi connectivity index (χ2n) is 4.99. The molecule has 1 aromatic carbocycles. The maximum Gasteiger partial charge on any atom is 0.221 e. The fourth-order valence-corrected chi connectivity index (χ4v) is 2.15. The van der Waals surface area contributed by atoms with Crippen LogP contribution in [0.1, 0.15) is 24.9 Å². The first-order chi connectivity index (χ1) is 8.91. The zero-order valence-electron chi connectivity index (χ0n) is 12.5. The van der Waals surface area contributed by atoms with Crippen LogP contribution in [0.2, 0.25) is 5.02 Å². The molecule has 0 aliphatic heterocycles. The lowest BCUT2D eigenvalue weighted by Gasteiger charge is -2.26. The quantitative estimate of drug-likeness (QED) is 0.824. The van der Waals surface area contributed by atoms with Crippen LogP contribution in [-0.2, 0) is 4.79 Å². The number of likely N-dealkylation sites (N-methyl/N-ethyl adjacent to an activating group) is 1. The summed E-state index contributed by atoms with van der Waals surface area (Å²) >= 11 is 6.20. The first-order valence-corrected chi connectivity index (χ1v) is 6.72. The first kappa shape index (κ1) is 22.8. The molecule has 0 heterocycles. The number of halogens is 3. The van der Waals surface area contributed by atoms with Gasteiger partial charge in [0.15, 0.2) is 0 Å². The molecule has 0 fully saturated rings. The third-order valence-corrected chi connectivity index (χ3v) is 3.23. The summed E-state index contributed by atoms with van der Waals surface area (Å²) in [6, 6.07) is 7.60. The number of carbonyl (C=O) groups is 1. The molecule has 0 saturated carbocycles. The number of hydrogen-bond donors (Lipinski definition) is 2. The Morgan fingerprint density at radius 1 is 1.33 bits per heavy atom. The van der Waals surface area contributed by atoms with E-state index in [1.54, 1.807) is 0 Å². The van der Waals surface area contributed by atoms with Gasteiger partial charge in [0.05, 0.1) is 6.04 Å². The van der Waals surface area contributed by atoms with Crippen LogP contribution in [0.25, 0.3) is 0 Å². The van der Waals surface area contributed by atoms with Gasteiger partial charge in [-0.1, -0.05) is 29.8 Å². The first-order valence-electron chi connectivity index (χ1n) is 6.35. The molecule has 4 nitrogen and oxygen atoms in total. The summed E-state index contributed by atoms with van der Waals surface area (Å²) in [5.41, 5.74) is 6.61. The van der Waals surface area contributed by atoms with Gasteiger partial charge >= 0.3 is 0 Å². The van der Waals surface area contributed by atoms with E-state index in [-0.39, 0.29) is 42.8 Å². The molecule has 2 atom stereocenters. The lowest BCUT2D eigenvalue weighted by Crippen LogP contribution is -2.36. The predicted octanol–water partition coefficient (Wildman–Crippen LogP) is 2.64. The van der Waals surface area contributed by atoms with Gasteiger partial charge < -0.3 is 16.0 Å². The highest BCUT2D eigenvalue weighted by molar-refractivity contribution is 6.31. The highest BCUT2D eigenvalue weighted by Crippen LogP contribution is 2.25. The third kappa shape index (κ3) is 7.88. The van der Waals surface area contributed by atoms with Gasteiger partial charge in [-0.05, 0) is 32.6 Å². The Morgan fingerprint density at radius 2 is 1.90 bits per heavy atom. The van der Waals surface area contributed by atoms with Crippen molar-refractivity contribution in [2.24, 2.45) is 5.73 Å². The summed E-state index contributed by atoms with van der Waals surface area (Å²) in [4.78, 5) is 13.7. The molecule has 0 aromatic heterocycles. The standard InChI is InChI=1S/C14H22ClN3O.2ClH/c1-10(16)8-14(19)17-9-13(18(2)3)11-6-4-5-7-12(11)15;;/h4-7,10,13H,8-9,16H2,1-3H3,(H,17,19);2*1H. The second-order valence-corrected chi connectivity index (χ2v) is 5.39. The molecule has 122 valence electrons. The molecule has 0 aliphatic rings. The lowest BCUT2D eigenvalue weighted by molar-refractivity contribution is -0.121. The van der Waals surface area contributed by atoms with E-state index in [2.05, 4.69) is 5.32 Å². The Labute approximate surface area is 144 Å². The van der Waals surface area contributed by atoms with Crippen molar-refractivity contribution in [1.29, 1.82) is 0 Å². The molecular weight excluding hydrogens is 333 g/mol. The zero-order chi connectivity index (χ0) is 14.4. The molecule has 21 heavy (non-hydrogen) atoms. The van der Waals surface area contributed by atoms with Gasteiger partial charge in [-0.3, -0.25) is 4.79 Å². The number of benzene rings is 1. The Balaban J connectivity index is 0. The van der Waals surface area contributed by atoms with E-state index < -0.39 is 0 Å². The number of carbonyl (C=O) groups excluding carboxylic acids is 1. The molecule has 1 amide bonds. The van der Waals surface area contributed by atoms with E-state index in [1.165, 1.54) is 0 Å². The van der Waals surface area contributed by atoms with Crippen LogP contribution >= 0.6 is 36.4 Å². The Morgan fingerprint density at radius 3 is 2.38 bits per heavy atom. The van der Waals surface area contributed by atoms with Crippen molar-refractivity contribution in [3.63, 3.8) is 0 Å². The summed E-state index contributed by atoms with van der Waals surface area (Å²) < 4.78 is 0. The maximum atomic E-state index is 11.7. The molecule has 1 aromatic rings.